The second-order valence-electron chi connectivity index (χ2n) is 6.45. The van der Waals surface area contributed by atoms with Crippen LogP contribution in [0.15, 0.2) is 29.3 Å². The van der Waals surface area contributed by atoms with Gasteiger partial charge in [0.2, 0.25) is 0 Å². The smallest absolute Gasteiger partial charge is 0.191 e. The van der Waals surface area contributed by atoms with Crippen LogP contribution in [-0.4, -0.2) is 42.1 Å². The highest BCUT2D eigenvalue weighted by Gasteiger charge is 2.19. The van der Waals surface area contributed by atoms with Gasteiger partial charge in [0.25, 0.3) is 0 Å². The first-order valence-corrected chi connectivity index (χ1v) is 10.2. The number of rotatable bonds is 7. The van der Waals surface area contributed by atoms with Gasteiger partial charge >= 0.3 is 0 Å². The zero-order valence-electron chi connectivity index (χ0n) is 15.3. The largest absolute Gasteiger partial charge is 0.393 e. The predicted molar refractivity (Wildman–Crippen MR) is 120 cm³/mol. The fourth-order valence-corrected chi connectivity index (χ4v) is 3.62. The second kappa shape index (κ2) is 12.8. The molecule has 2 rings (SSSR count). The first kappa shape index (κ1) is 22.6. The van der Waals surface area contributed by atoms with E-state index in [2.05, 4.69) is 53.7 Å². The molecule has 0 unspecified atom stereocenters. The van der Waals surface area contributed by atoms with E-state index in [1.165, 1.54) is 11.1 Å². The Balaban J connectivity index is 0.00000312. The number of nitrogens with one attached hydrogen (secondary N) is 2. The van der Waals surface area contributed by atoms with Gasteiger partial charge in [-0.2, -0.15) is 11.8 Å². The highest BCUT2D eigenvalue weighted by atomic mass is 127. The van der Waals surface area contributed by atoms with Gasteiger partial charge in [0, 0.05) is 24.1 Å². The van der Waals surface area contributed by atoms with Crippen LogP contribution in [0.5, 0.6) is 0 Å². The Bertz CT molecular complexity index is 502. The molecule has 0 saturated heterocycles. The van der Waals surface area contributed by atoms with E-state index in [4.69, 9.17) is 0 Å². The summed E-state index contributed by atoms with van der Waals surface area (Å²) in [4.78, 5) is 4.68. The van der Waals surface area contributed by atoms with Crippen molar-refractivity contribution in [2.75, 3.05) is 18.8 Å². The number of benzene rings is 1. The lowest BCUT2D eigenvalue weighted by atomic mass is 9.93. The Morgan fingerprint density at radius 1 is 1.20 bits per heavy atom. The Hall–Kier alpha value is -0.470. The van der Waals surface area contributed by atoms with Crippen LogP contribution in [0.4, 0.5) is 0 Å². The Labute approximate surface area is 173 Å². The number of halogens is 1. The number of aliphatic hydroxyl groups excluding tert-OH is 1. The Morgan fingerprint density at radius 3 is 2.52 bits per heavy atom. The first-order chi connectivity index (χ1) is 11.7. The highest BCUT2D eigenvalue weighted by molar-refractivity contribution is 14.0. The average Bonchev–Trinajstić information content (AvgIpc) is 2.58. The van der Waals surface area contributed by atoms with Crippen LogP contribution in [0.3, 0.4) is 0 Å². The molecule has 0 atom stereocenters. The predicted octanol–water partition coefficient (Wildman–Crippen LogP) is 3.70. The summed E-state index contributed by atoms with van der Waals surface area (Å²) in [6.45, 7) is 5.90. The monoisotopic (exact) mass is 477 g/mol. The van der Waals surface area contributed by atoms with Crippen molar-refractivity contribution in [1.29, 1.82) is 0 Å². The summed E-state index contributed by atoms with van der Waals surface area (Å²) in [5, 5.41) is 16.4. The Morgan fingerprint density at radius 2 is 1.88 bits per heavy atom. The molecule has 0 aromatic heterocycles. The molecule has 1 aromatic rings. The van der Waals surface area contributed by atoms with E-state index in [0.29, 0.717) is 6.04 Å². The van der Waals surface area contributed by atoms with Crippen LogP contribution < -0.4 is 10.6 Å². The van der Waals surface area contributed by atoms with Gasteiger partial charge in [0.1, 0.15) is 0 Å². The molecule has 6 heteroatoms. The summed E-state index contributed by atoms with van der Waals surface area (Å²) in [5.41, 5.74) is 2.69. The summed E-state index contributed by atoms with van der Waals surface area (Å²) < 4.78 is 0. The van der Waals surface area contributed by atoms with E-state index in [9.17, 15) is 5.11 Å². The number of aliphatic hydroxyl groups is 1. The van der Waals surface area contributed by atoms with Crippen molar-refractivity contribution in [2.45, 2.75) is 57.4 Å². The molecular weight excluding hydrogens is 445 g/mol. The van der Waals surface area contributed by atoms with Gasteiger partial charge in [-0.15, -0.1) is 24.0 Å². The minimum absolute atomic E-state index is 0. The van der Waals surface area contributed by atoms with Crippen LogP contribution in [0.1, 0.15) is 43.7 Å². The van der Waals surface area contributed by atoms with E-state index < -0.39 is 0 Å². The van der Waals surface area contributed by atoms with E-state index in [-0.39, 0.29) is 30.1 Å². The zero-order chi connectivity index (χ0) is 17.2. The van der Waals surface area contributed by atoms with Gasteiger partial charge < -0.3 is 15.7 Å². The molecule has 1 fully saturated rings. The maximum Gasteiger partial charge on any atom is 0.191 e. The third kappa shape index (κ3) is 9.15. The maximum absolute atomic E-state index is 9.60. The SMILES string of the molecule is CCNC(=NCCSCc1ccc(C)cc1)NC1CCC(O)CC1.I. The highest BCUT2D eigenvalue weighted by Crippen LogP contribution is 2.18. The molecule has 1 aliphatic rings. The van der Waals surface area contributed by atoms with Crippen molar-refractivity contribution in [3.63, 3.8) is 0 Å². The van der Waals surface area contributed by atoms with Crippen molar-refractivity contribution >= 4 is 41.7 Å². The average molecular weight is 477 g/mol. The topological polar surface area (TPSA) is 56.7 Å². The van der Waals surface area contributed by atoms with Gasteiger partial charge in [0.15, 0.2) is 5.96 Å². The number of nitrogens with zero attached hydrogens (tertiary/aromatic N) is 1. The normalized spacial score (nSPS) is 20.7. The summed E-state index contributed by atoms with van der Waals surface area (Å²) in [5.74, 6) is 2.98. The number of hydrogen-bond donors (Lipinski definition) is 3. The molecule has 0 radical (unpaired) electrons. The lowest BCUT2D eigenvalue weighted by molar-refractivity contribution is 0.120. The molecule has 1 saturated carbocycles. The minimum atomic E-state index is -0.110. The van der Waals surface area contributed by atoms with Crippen molar-refractivity contribution < 1.29 is 5.11 Å². The molecule has 1 aliphatic carbocycles. The zero-order valence-corrected chi connectivity index (χ0v) is 18.5. The maximum atomic E-state index is 9.60. The number of hydrogen-bond acceptors (Lipinski definition) is 3. The summed E-state index contributed by atoms with van der Waals surface area (Å²) in [6, 6.07) is 9.18. The van der Waals surface area contributed by atoms with Gasteiger partial charge in [-0.1, -0.05) is 29.8 Å². The fraction of sp³-hybridized carbons (Fsp3) is 0.632. The summed E-state index contributed by atoms with van der Waals surface area (Å²) >= 11 is 1.92. The third-order valence-electron chi connectivity index (χ3n) is 4.28. The number of aryl methyl sites for hydroxylation is 1. The van der Waals surface area contributed by atoms with Crippen molar-refractivity contribution in [2.24, 2.45) is 4.99 Å². The number of thioether (sulfide) groups is 1. The molecular formula is C19H32IN3OS. The van der Waals surface area contributed by atoms with Crippen molar-refractivity contribution in [1.82, 2.24) is 10.6 Å². The van der Waals surface area contributed by atoms with Gasteiger partial charge in [-0.25, -0.2) is 0 Å². The second-order valence-corrected chi connectivity index (χ2v) is 7.55. The fourth-order valence-electron chi connectivity index (χ4n) is 2.83. The lowest BCUT2D eigenvalue weighted by Gasteiger charge is -2.27. The van der Waals surface area contributed by atoms with Crippen LogP contribution in [0, 0.1) is 6.92 Å². The van der Waals surface area contributed by atoms with Gasteiger partial charge in [0.05, 0.1) is 12.6 Å². The van der Waals surface area contributed by atoms with Crippen LogP contribution in [0.25, 0.3) is 0 Å². The molecule has 142 valence electrons. The summed E-state index contributed by atoms with van der Waals surface area (Å²) in [7, 11) is 0. The first-order valence-electron chi connectivity index (χ1n) is 9.03. The lowest BCUT2D eigenvalue weighted by Crippen LogP contribution is -2.45. The Kier molecular flexibility index (Phi) is 11.6. The van der Waals surface area contributed by atoms with Gasteiger partial charge in [-0.3, -0.25) is 4.99 Å². The molecule has 0 heterocycles. The molecule has 1 aromatic carbocycles. The molecule has 0 bridgehead atoms. The van der Waals surface area contributed by atoms with Crippen LogP contribution in [-0.2, 0) is 5.75 Å². The molecule has 0 aliphatic heterocycles. The van der Waals surface area contributed by atoms with Gasteiger partial charge in [-0.05, 0) is 45.1 Å². The van der Waals surface area contributed by atoms with E-state index in [1.54, 1.807) is 0 Å². The number of guanidine groups is 1. The molecule has 0 spiro atoms. The molecule has 25 heavy (non-hydrogen) atoms. The van der Waals surface area contributed by atoms with E-state index in [0.717, 1.165) is 56.2 Å². The van der Waals surface area contributed by atoms with E-state index in [1.807, 2.05) is 11.8 Å². The molecule has 0 amide bonds. The van der Waals surface area contributed by atoms with Crippen molar-refractivity contribution in [3.8, 4) is 0 Å². The summed E-state index contributed by atoms with van der Waals surface area (Å²) in [6.07, 6.45) is 3.72. The van der Waals surface area contributed by atoms with Crippen molar-refractivity contribution in [3.05, 3.63) is 35.4 Å². The quantitative estimate of drug-likeness (QED) is 0.243. The third-order valence-corrected chi connectivity index (χ3v) is 5.29. The number of aliphatic imine (C=N–C) groups is 1. The standard InChI is InChI=1S/C19H31N3OS.HI/c1-3-20-19(22-17-8-10-18(23)11-9-17)21-12-13-24-14-16-6-4-15(2)5-7-16;/h4-7,17-18,23H,3,8-14H2,1-2H3,(H2,20,21,22);1H. The van der Waals surface area contributed by atoms with Crippen LogP contribution in [0.2, 0.25) is 0 Å². The minimum Gasteiger partial charge on any atom is -0.393 e. The molecule has 3 N–H and O–H groups in total. The molecule has 4 nitrogen and oxygen atoms in total. The van der Waals surface area contributed by atoms with Crippen LogP contribution >= 0.6 is 35.7 Å². The van der Waals surface area contributed by atoms with E-state index >= 15 is 0 Å².